The molecule has 4 rings (SSSR count). The Kier molecular flexibility index (Phi) is 7.98. The summed E-state index contributed by atoms with van der Waals surface area (Å²) < 4.78 is 17.2. The van der Waals surface area contributed by atoms with Crippen LogP contribution < -0.4 is 20.1 Å². The van der Waals surface area contributed by atoms with Crippen LogP contribution in [0.3, 0.4) is 0 Å². The highest BCUT2D eigenvalue weighted by atomic mass is 16.5. The first-order valence-electron chi connectivity index (χ1n) is 12.2. The molecule has 0 fully saturated rings. The Morgan fingerprint density at radius 2 is 1.78 bits per heavy atom. The fourth-order valence-corrected chi connectivity index (χ4v) is 4.66. The number of para-hydroxylation sites is 1. The van der Waals surface area contributed by atoms with Crippen molar-refractivity contribution in [2.24, 2.45) is 0 Å². The molecule has 0 aliphatic carbocycles. The number of nitrogens with zero attached hydrogens (tertiary/aromatic N) is 1. The standard InChI is InChI=1S/C29H33N3O5/c1-18-14-23(30-20(3)33)15-19(2)27(18)37-17-22-16-21(10-11-26(22)36-5)28-31-25-9-7-6-8-24(25)29(34)32(28)12-13-35-4/h6-11,14-16,28,31H,12-13,17H2,1-5H3,(H,30,33). The van der Waals surface area contributed by atoms with Gasteiger partial charge in [0.15, 0.2) is 0 Å². The van der Waals surface area contributed by atoms with Crippen LogP contribution in [-0.4, -0.2) is 44.1 Å². The van der Waals surface area contributed by atoms with E-state index in [-0.39, 0.29) is 24.6 Å². The number of carbonyl (C=O) groups is 2. The molecule has 0 spiro atoms. The maximum atomic E-state index is 13.3. The monoisotopic (exact) mass is 503 g/mol. The summed E-state index contributed by atoms with van der Waals surface area (Å²) in [4.78, 5) is 26.6. The summed E-state index contributed by atoms with van der Waals surface area (Å²) in [6.45, 7) is 6.52. The molecule has 194 valence electrons. The van der Waals surface area contributed by atoms with Gasteiger partial charge in [0.05, 0.1) is 19.3 Å². The van der Waals surface area contributed by atoms with E-state index in [2.05, 4.69) is 10.6 Å². The minimum atomic E-state index is -0.373. The number of hydrogen-bond acceptors (Lipinski definition) is 6. The van der Waals surface area contributed by atoms with E-state index in [0.29, 0.717) is 24.5 Å². The molecule has 37 heavy (non-hydrogen) atoms. The quantitative estimate of drug-likeness (QED) is 0.424. The highest BCUT2D eigenvalue weighted by Gasteiger charge is 2.32. The van der Waals surface area contributed by atoms with Crippen LogP contribution in [0, 0.1) is 13.8 Å². The molecule has 0 aromatic heterocycles. The fraction of sp³-hybridized carbons (Fsp3) is 0.310. The lowest BCUT2D eigenvalue weighted by atomic mass is 10.0. The Labute approximate surface area is 217 Å². The molecule has 8 heteroatoms. The van der Waals surface area contributed by atoms with Crippen LogP contribution in [0.1, 0.15) is 45.7 Å². The molecule has 1 aliphatic heterocycles. The second kappa shape index (κ2) is 11.3. The lowest BCUT2D eigenvalue weighted by molar-refractivity contribution is -0.114. The molecule has 2 amide bonds. The third-order valence-electron chi connectivity index (χ3n) is 6.33. The average Bonchev–Trinajstić information content (AvgIpc) is 2.87. The van der Waals surface area contributed by atoms with Crippen LogP contribution in [0.4, 0.5) is 11.4 Å². The van der Waals surface area contributed by atoms with Gasteiger partial charge in [-0.25, -0.2) is 0 Å². The highest BCUT2D eigenvalue weighted by Crippen LogP contribution is 2.35. The molecule has 0 saturated carbocycles. The van der Waals surface area contributed by atoms with E-state index in [1.165, 1.54) is 6.92 Å². The second-order valence-electron chi connectivity index (χ2n) is 9.06. The average molecular weight is 504 g/mol. The summed E-state index contributed by atoms with van der Waals surface area (Å²) in [5, 5.41) is 6.33. The van der Waals surface area contributed by atoms with Crippen LogP contribution in [-0.2, 0) is 16.1 Å². The molecule has 1 heterocycles. The summed E-state index contributed by atoms with van der Waals surface area (Å²) in [5.74, 6) is 1.28. The molecule has 8 nitrogen and oxygen atoms in total. The molecule has 0 saturated heterocycles. The fourth-order valence-electron chi connectivity index (χ4n) is 4.66. The minimum absolute atomic E-state index is 0.0458. The Morgan fingerprint density at radius 1 is 1.05 bits per heavy atom. The molecule has 2 N–H and O–H groups in total. The van der Waals surface area contributed by atoms with Gasteiger partial charge in [-0.05, 0) is 66.9 Å². The molecule has 3 aromatic rings. The first kappa shape index (κ1) is 26.0. The smallest absolute Gasteiger partial charge is 0.257 e. The van der Waals surface area contributed by atoms with Crippen molar-refractivity contribution in [3.63, 3.8) is 0 Å². The van der Waals surface area contributed by atoms with Gasteiger partial charge in [-0.3, -0.25) is 9.59 Å². The number of nitrogens with one attached hydrogen (secondary N) is 2. The van der Waals surface area contributed by atoms with Gasteiger partial charge in [0.1, 0.15) is 24.3 Å². The van der Waals surface area contributed by atoms with Gasteiger partial charge in [0, 0.05) is 37.5 Å². The topological polar surface area (TPSA) is 89.1 Å². The summed E-state index contributed by atoms with van der Waals surface area (Å²) in [5.41, 5.74) is 5.77. The normalized spacial score (nSPS) is 14.6. The van der Waals surface area contributed by atoms with Crippen LogP contribution >= 0.6 is 0 Å². The van der Waals surface area contributed by atoms with Crippen LogP contribution in [0.2, 0.25) is 0 Å². The zero-order chi connectivity index (χ0) is 26.5. The van der Waals surface area contributed by atoms with Crippen molar-refractivity contribution in [1.82, 2.24) is 4.90 Å². The number of fused-ring (bicyclic) bond motifs is 1. The number of ether oxygens (including phenoxy) is 3. The maximum absolute atomic E-state index is 13.3. The Bertz CT molecular complexity index is 1280. The molecule has 1 atom stereocenters. The zero-order valence-corrected chi connectivity index (χ0v) is 21.9. The van der Waals surface area contributed by atoms with E-state index < -0.39 is 0 Å². The lowest BCUT2D eigenvalue weighted by Gasteiger charge is -2.38. The van der Waals surface area contributed by atoms with Crippen molar-refractivity contribution in [2.45, 2.75) is 33.5 Å². The number of aryl methyl sites for hydroxylation is 2. The largest absolute Gasteiger partial charge is 0.496 e. The maximum Gasteiger partial charge on any atom is 0.257 e. The van der Waals surface area contributed by atoms with Crippen molar-refractivity contribution >= 4 is 23.2 Å². The number of methoxy groups -OCH3 is 2. The second-order valence-corrected chi connectivity index (χ2v) is 9.06. The Morgan fingerprint density at radius 3 is 2.46 bits per heavy atom. The van der Waals surface area contributed by atoms with E-state index >= 15 is 0 Å². The molecule has 0 radical (unpaired) electrons. The lowest BCUT2D eigenvalue weighted by Crippen LogP contribution is -2.44. The van der Waals surface area contributed by atoms with E-state index in [1.54, 1.807) is 19.1 Å². The number of amides is 2. The van der Waals surface area contributed by atoms with Gasteiger partial charge in [-0.2, -0.15) is 0 Å². The zero-order valence-electron chi connectivity index (χ0n) is 21.9. The van der Waals surface area contributed by atoms with Crippen molar-refractivity contribution in [3.05, 3.63) is 82.4 Å². The van der Waals surface area contributed by atoms with Crippen molar-refractivity contribution < 1.29 is 23.8 Å². The van der Waals surface area contributed by atoms with Crippen LogP contribution in [0.25, 0.3) is 0 Å². The van der Waals surface area contributed by atoms with Gasteiger partial charge in [0.2, 0.25) is 5.91 Å². The third kappa shape index (κ3) is 5.70. The summed E-state index contributed by atoms with van der Waals surface area (Å²) in [7, 11) is 3.25. The molecule has 0 bridgehead atoms. The molecule has 1 unspecified atom stereocenters. The molecular formula is C29H33N3O5. The van der Waals surface area contributed by atoms with Crippen molar-refractivity contribution in [3.8, 4) is 11.5 Å². The van der Waals surface area contributed by atoms with Crippen LogP contribution in [0.5, 0.6) is 11.5 Å². The minimum Gasteiger partial charge on any atom is -0.496 e. The Balaban J connectivity index is 1.63. The predicted octanol–water partition coefficient (Wildman–Crippen LogP) is 5.06. The molecular weight excluding hydrogens is 470 g/mol. The Hall–Kier alpha value is -4.04. The number of anilines is 2. The first-order valence-corrected chi connectivity index (χ1v) is 12.2. The third-order valence-corrected chi connectivity index (χ3v) is 6.33. The SMILES string of the molecule is COCCN1C(=O)c2ccccc2NC1c1ccc(OC)c(COc2c(C)cc(NC(C)=O)cc2C)c1. The van der Waals surface area contributed by atoms with E-state index in [1.807, 2.05) is 68.4 Å². The number of carbonyl (C=O) groups excluding carboxylic acids is 2. The van der Waals surface area contributed by atoms with Crippen LogP contribution in [0.15, 0.2) is 54.6 Å². The van der Waals surface area contributed by atoms with Crippen molar-refractivity contribution in [1.29, 1.82) is 0 Å². The van der Waals surface area contributed by atoms with Gasteiger partial charge in [-0.1, -0.05) is 18.2 Å². The molecule has 1 aliphatic rings. The van der Waals surface area contributed by atoms with Gasteiger partial charge in [0.25, 0.3) is 5.91 Å². The predicted molar refractivity (Wildman–Crippen MR) is 143 cm³/mol. The first-order chi connectivity index (χ1) is 17.8. The van der Waals surface area contributed by atoms with Crippen molar-refractivity contribution in [2.75, 3.05) is 38.0 Å². The number of rotatable bonds is 9. The summed E-state index contributed by atoms with van der Waals surface area (Å²) >= 11 is 0. The van der Waals surface area contributed by atoms with E-state index in [0.717, 1.165) is 39.4 Å². The van der Waals surface area contributed by atoms with E-state index in [9.17, 15) is 9.59 Å². The summed E-state index contributed by atoms with van der Waals surface area (Å²) in [6, 6.07) is 17.2. The summed E-state index contributed by atoms with van der Waals surface area (Å²) in [6.07, 6.45) is -0.373. The molecule has 3 aromatic carbocycles. The van der Waals surface area contributed by atoms with Gasteiger partial charge >= 0.3 is 0 Å². The van der Waals surface area contributed by atoms with E-state index in [4.69, 9.17) is 14.2 Å². The number of benzene rings is 3. The highest BCUT2D eigenvalue weighted by molar-refractivity contribution is 6.01. The van der Waals surface area contributed by atoms with Gasteiger partial charge in [-0.15, -0.1) is 0 Å². The van der Waals surface area contributed by atoms with Gasteiger partial charge < -0.3 is 29.7 Å². The number of hydrogen-bond donors (Lipinski definition) is 2.